The standard InChI is InChI=1S/C19H20N4O6S/c1-27-14-4-6-15(7-5-14)30(25,26)23-10-8-13(9-11-23)17(24)20-19-22-21-18(29-19)16-3-2-12-28-16/h2-7,12-13H,8-11H2,1H3,(H,20,22,24). The Morgan fingerprint density at radius 2 is 1.90 bits per heavy atom. The van der Waals surface area contributed by atoms with Crippen LogP contribution in [-0.4, -0.2) is 49.0 Å². The molecule has 11 heteroatoms. The van der Waals surface area contributed by atoms with Crippen molar-refractivity contribution in [3.05, 3.63) is 42.7 Å². The average Bonchev–Trinajstić information content (AvgIpc) is 3.46. The van der Waals surface area contributed by atoms with E-state index in [4.69, 9.17) is 13.6 Å². The third-order valence-electron chi connectivity index (χ3n) is 4.91. The largest absolute Gasteiger partial charge is 0.497 e. The van der Waals surface area contributed by atoms with Crippen molar-refractivity contribution in [2.45, 2.75) is 17.7 Å². The minimum absolute atomic E-state index is 0.0281. The first-order chi connectivity index (χ1) is 14.5. The summed E-state index contributed by atoms with van der Waals surface area (Å²) in [6.07, 6.45) is 2.26. The lowest BCUT2D eigenvalue weighted by Gasteiger charge is -2.30. The zero-order valence-electron chi connectivity index (χ0n) is 16.1. The molecule has 0 saturated carbocycles. The second-order valence-electron chi connectivity index (χ2n) is 6.73. The van der Waals surface area contributed by atoms with Gasteiger partial charge >= 0.3 is 6.01 Å². The minimum atomic E-state index is -3.62. The summed E-state index contributed by atoms with van der Waals surface area (Å²) in [6, 6.07) is 9.56. The van der Waals surface area contributed by atoms with Crippen LogP contribution in [0.25, 0.3) is 11.7 Å². The van der Waals surface area contributed by atoms with E-state index >= 15 is 0 Å². The fourth-order valence-electron chi connectivity index (χ4n) is 3.24. The molecule has 30 heavy (non-hydrogen) atoms. The number of sulfonamides is 1. The lowest BCUT2D eigenvalue weighted by molar-refractivity contribution is -0.121. The number of anilines is 1. The number of carbonyl (C=O) groups excluding carboxylic acids is 1. The number of nitrogens with one attached hydrogen (secondary N) is 1. The fraction of sp³-hybridized carbons (Fsp3) is 0.316. The molecule has 1 saturated heterocycles. The molecule has 4 rings (SSSR count). The Morgan fingerprint density at radius 3 is 2.53 bits per heavy atom. The molecule has 3 aromatic rings. The molecular formula is C19H20N4O6S. The monoisotopic (exact) mass is 432 g/mol. The van der Waals surface area contributed by atoms with Crippen molar-refractivity contribution < 1.29 is 26.8 Å². The molecule has 0 atom stereocenters. The van der Waals surface area contributed by atoms with Gasteiger partial charge in [-0.3, -0.25) is 10.1 Å². The molecule has 1 aromatic carbocycles. The number of benzene rings is 1. The minimum Gasteiger partial charge on any atom is -0.497 e. The summed E-state index contributed by atoms with van der Waals surface area (Å²) < 4.78 is 42.6. The number of ether oxygens (including phenoxy) is 1. The van der Waals surface area contributed by atoms with E-state index in [1.165, 1.54) is 29.8 Å². The Morgan fingerprint density at radius 1 is 1.17 bits per heavy atom. The third-order valence-corrected chi connectivity index (χ3v) is 6.82. The lowest BCUT2D eigenvalue weighted by Crippen LogP contribution is -2.41. The van der Waals surface area contributed by atoms with E-state index in [1.54, 1.807) is 24.3 Å². The smallest absolute Gasteiger partial charge is 0.322 e. The number of aromatic nitrogens is 2. The van der Waals surface area contributed by atoms with Crippen molar-refractivity contribution in [2.24, 2.45) is 5.92 Å². The van der Waals surface area contributed by atoms with Gasteiger partial charge in [-0.15, -0.1) is 5.10 Å². The van der Waals surface area contributed by atoms with E-state index < -0.39 is 10.0 Å². The van der Waals surface area contributed by atoms with Crippen LogP contribution in [0.1, 0.15) is 12.8 Å². The number of carbonyl (C=O) groups is 1. The summed E-state index contributed by atoms with van der Waals surface area (Å²) in [4.78, 5) is 12.7. The molecule has 1 amide bonds. The van der Waals surface area contributed by atoms with E-state index in [2.05, 4.69) is 15.5 Å². The zero-order chi connectivity index (χ0) is 21.1. The van der Waals surface area contributed by atoms with Gasteiger partial charge in [0.15, 0.2) is 5.76 Å². The highest BCUT2D eigenvalue weighted by Crippen LogP contribution is 2.26. The molecule has 10 nitrogen and oxygen atoms in total. The van der Waals surface area contributed by atoms with Crippen molar-refractivity contribution in [1.82, 2.24) is 14.5 Å². The molecule has 0 bridgehead atoms. The maximum absolute atomic E-state index is 12.8. The van der Waals surface area contributed by atoms with Crippen molar-refractivity contribution in [3.63, 3.8) is 0 Å². The SMILES string of the molecule is COc1ccc(S(=O)(=O)N2CCC(C(=O)Nc3nnc(-c4ccco4)o3)CC2)cc1. The molecule has 0 radical (unpaired) electrons. The second-order valence-corrected chi connectivity index (χ2v) is 8.67. The van der Waals surface area contributed by atoms with E-state index in [0.717, 1.165) is 0 Å². The van der Waals surface area contributed by atoms with Gasteiger partial charge in [0.2, 0.25) is 15.9 Å². The third kappa shape index (κ3) is 4.07. The summed E-state index contributed by atoms with van der Waals surface area (Å²) in [5.74, 6) is 0.508. The van der Waals surface area contributed by atoms with Crippen molar-refractivity contribution in [3.8, 4) is 17.4 Å². The first kappa shape index (κ1) is 20.1. The van der Waals surface area contributed by atoms with Gasteiger partial charge in [0.1, 0.15) is 5.75 Å². The van der Waals surface area contributed by atoms with Crippen LogP contribution in [0.4, 0.5) is 6.01 Å². The van der Waals surface area contributed by atoms with Gasteiger partial charge < -0.3 is 13.6 Å². The van der Waals surface area contributed by atoms with E-state index in [1.807, 2.05) is 0 Å². The number of piperidine rings is 1. The van der Waals surface area contributed by atoms with Crippen LogP contribution in [0.2, 0.25) is 0 Å². The first-order valence-electron chi connectivity index (χ1n) is 9.30. The van der Waals surface area contributed by atoms with Crippen LogP contribution in [0.5, 0.6) is 5.75 Å². The van der Waals surface area contributed by atoms with Crippen molar-refractivity contribution >= 4 is 21.9 Å². The molecule has 1 fully saturated rings. The lowest BCUT2D eigenvalue weighted by atomic mass is 9.97. The number of rotatable bonds is 6. The predicted molar refractivity (Wildman–Crippen MR) is 105 cm³/mol. The quantitative estimate of drug-likeness (QED) is 0.629. The fourth-order valence-corrected chi connectivity index (χ4v) is 4.71. The highest BCUT2D eigenvalue weighted by atomic mass is 32.2. The molecule has 3 heterocycles. The van der Waals surface area contributed by atoms with Crippen LogP contribution >= 0.6 is 0 Å². The summed E-state index contributed by atoms with van der Waals surface area (Å²) in [5.41, 5.74) is 0. The van der Waals surface area contributed by atoms with Gasteiger partial charge in [-0.1, -0.05) is 5.10 Å². The molecule has 0 aliphatic carbocycles. The normalized spacial score (nSPS) is 15.8. The number of hydrogen-bond donors (Lipinski definition) is 1. The summed E-state index contributed by atoms with van der Waals surface area (Å²) in [7, 11) is -2.10. The van der Waals surface area contributed by atoms with Gasteiger partial charge in [-0.25, -0.2) is 8.42 Å². The number of amides is 1. The maximum Gasteiger partial charge on any atom is 0.322 e. The number of hydrogen-bond acceptors (Lipinski definition) is 8. The highest BCUT2D eigenvalue weighted by Gasteiger charge is 2.32. The Balaban J connectivity index is 1.35. The Labute approximate surface area is 172 Å². The Hall–Kier alpha value is -3.18. The molecule has 1 aliphatic heterocycles. The Bertz CT molecular complexity index is 1100. The molecule has 158 valence electrons. The maximum atomic E-state index is 12.8. The van der Waals surface area contributed by atoms with E-state index in [0.29, 0.717) is 24.4 Å². The van der Waals surface area contributed by atoms with Gasteiger partial charge in [0.05, 0.1) is 18.3 Å². The molecule has 0 unspecified atom stereocenters. The first-order valence-corrected chi connectivity index (χ1v) is 10.7. The molecule has 1 N–H and O–H groups in total. The zero-order valence-corrected chi connectivity index (χ0v) is 17.0. The number of methoxy groups -OCH3 is 1. The number of nitrogens with zero attached hydrogens (tertiary/aromatic N) is 3. The van der Waals surface area contributed by atoms with Gasteiger partial charge in [-0.2, -0.15) is 4.31 Å². The van der Waals surface area contributed by atoms with Crippen LogP contribution < -0.4 is 10.1 Å². The van der Waals surface area contributed by atoms with Crippen LogP contribution in [-0.2, 0) is 14.8 Å². The van der Waals surface area contributed by atoms with Crippen LogP contribution in [0.3, 0.4) is 0 Å². The molecule has 0 spiro atoms. The van der Waals surface area contributed by atoms with E-state index in [9.17, 15) is 13.2 Å². The van der Waals surface area contributed by atoms with Gasteiger partial charge in [-0.05, 0) is 49.2 Å². The van der Waals surface area contributed by atoms with E-state index in [-0.39, 0.29) is 41.7 Å². The molecule has 2 aromatic heterocycles. The highest BCUT2D eigenvalue weighted by molar-refractivity contribution is 7.89. The summed E-state index contributed by atoms with van der Waals surface area (Å²) >= 11 is 0. The van der Waals surface area contributed by atoms with Gasteiger partial charge in [0, 0.05) is 19.0 Å². The predicted octanol–water partition coefficient (Wildman–Crippen LogP) is 2.38. The average molecular weight is 432 g/mol. The summed E-state index contributed by atoms with van der Waals surface area (Å²) in [5, 5.41) is 10.2. The van der Waals surface area contributed by atoms with Crippen LogP contribution in [0.15, 0.2) is 56.4 Å². The van der Waals surface area contributed by atoms with Gasteiger partial charge in [0.25, 0.3) is 5.89 Å². The number of furan rings is 1. The molecule has 1 aliphatic rings. The van der Waals surface area contributed by atoms with Crippen LogP contribution in [0, 0.1) is 5.92 Å². The topological polar surface area (TPSA) is 128 Å². The van der Waals surface area contributed by atoms with Crippen molar-refractivity contribution in [2.75, 3.05) is 25.5 Å². The summed E-state index contributed by atoms with van der Waals surface area (Å²) in [6.45, 7) is 0.488. The van der Waals surface area contributed by atoms with Crippen molar-refractivity contribution in [1.29, 1.82) is 0 Å². The second kappa shape index (κ2) is 8.28. The Kier molecular flexibility index (Phi) is 5.55. The molecular weight excluding hydrogens is 412 g/mol.